The predicted octanol–water partition coefficient (Wildman–Crippen LogP) is 5.33. The van der Waals surface area contributed by atoms with Gasteiger partial charge in [0.25, 0.3) is 5.91 Å². The first-order valence-corrected chi connectivity index (χ1v) is 14.6. The Balaban J connectivity index is 1.18. The number of amides is 2. The molecule has 1 fully saturated rings. The van der Waals surface area contributed by atoms with E-state index in [1.165, 1.54) is 24.3 Å². The van der Waals surface area contributed by atoms with Crippen molar-refractivity contribution in [2.24, 2.45) is 0 Å². The van der Waals surface area contributed by atoms with E-state index in [1.54, 1.807) is 23.8 Å². The highest BCUT2D eigenvalue weighted by molar-refractivity contribution is 7.99. The van der Waals surface area contributed by atoms with Crippen LogP contribution in [0.3, 0.4) is 0 Å². The molecular formula is C31H32FN5O3S. The molecule has 2 heterocycles. The highest BCUT2D eigenvalue weighted by Gasteiger charge is 2.30. The minimum atomic E-state index is -0.374. The standard InChI is InChI=1S/C31H32FN5O3S/c1-22-21-35(18-19-36(22)30(39)24-10-12-25(32)13-11-24)28(38)9-6-20-41-31-34-33-29(23-7-4-3-5-8-23)37(31)26-14-16-27(40-2)17-15-26/h3-5,7-8,10-17,22H,6,9,18-21H2,1-2H3. The Morgan fingerprint density at radius 1 is 0.976 bits per heavy atom. The van der Waals surface area contributed by atoms with Crippen LogP contribution in [-0.4, -0.2) is 74.9 Å². The van der Waals surface area contributed by atoms with E-state index in [2.05, 4.69) is 10.2 Å². The van der Waals surface area contributed by atoms with Crippen LogP contribution in [0.15, 0.2) is 84.0 Å². The maximum Gasteiger partial charge on any atom is 0.254 e. The van der Waals surface area contributed by atoms with Crippen molar-refractivity contribution < 1.29 is 18.7 Å². The van der Waals surface area contributed by atoms with Crippen LogP contribution in [0, 0.1) is 5.82 Å². The van der Waals surface area contributed by atoms with Gasteiger partial charge in [-0.15, -0.1) is 10.2 Å². The van der Waals surface area contributed by atoms with E-state index in [4.69, 9.17) is 4.74 Å². The van der Waals surface area contributed by atoms with E-state index < -0.39 is 0 Å². The lowest BCUT2D eigenvalue weighted by Crippen LogP contribution is -2.55. The summed E-state index contributed by atoms with van der Waals surface area (Å²) in [6.45, 7) is 3.35. The van der Waals surface area contributed by atoms with Gasteiger partial charge in [0, 0.05) is 54.7 Å². The van der Waals surface area contributed by atoms with Gasteiger partial charge in [-0.3, -0.25) is 14.2 Å². The number of benzene rings is 3. The summed E-state index contributed by atoms with van der Waals surface area (Å²) < 4.78 is 20.6. The quantitative estimate of drug-likeness (QED) is 0.199. The molecule has 0 aliphatic carbocycles. The minimum absolute atomic E-state index is 0.0768. The van der Waals surface area contributed by atoms with E-state index in [0.717, 1.165) is 28.0 Å². The third-order valence-electron chi connectivity index (χ3n) is 7.09. The summed E-state index contributed by atoms with van der Waals surface area (Å²) in [6, 6.07) is 23.1. The summed E-state index contributed by atoms with van der Waals surface area (Å²) in [6.07, 6.45) is 1.09. The zero-order chi connectivity index (χ0) is 28.8. The van der Waals surface area contributed by atoms with Crippen molar-refractivity contribution in [1.82, 2.24) is 24.6 Å². The molecule has 1 saturated heterocycles. The predicted molar refractivity (Wildman–Crippen MR) is 157 cm³/mol. The molecule has 1 aliphatic heterocycles. The second kappa shape index (κ2) is 13.0. The Morgan fingerprint density at radius 3 is 2.39 bits per heavy atom. The third kappa shape index (κ3) is 6.59. The molecule has 4 aromatic rings. The number of thioether (sulfide) groups is 1. The second-order valence-corrected chi connectivity index (χ2v) is 10.9. The largest absolute Gasteiger partial charge is 0.497 e. The van der Waals surface area contributed by atoms with E-state index in [1.807, 2.05) is 71.0 Å². The Bertz CT molecular complexity index is 1480. The number of methoxy groups -OCH3 is 1. The maximum atomic E-state index is 13.2. The molecule has 0 N–H and O–H groups in total. The first-order valence-electron chi connectivity index (χ1n) is 13.6. The fourth-order valence-electron chi connectivity index (χ4n) is 4.89. The molecule has 0 spiro atoms. The molecule has 1 aromatic heterocycles. The van der Waals surface area contributed by atoms with Crippen LogP contribution in [0.5, 0.6) is 5.75 Å². The Labute approximate surface area is 243 Å². The summed E-state index contributed by atoms with van der Waals surface area (Å²) >= 11 is 1.57. The number of ether oxygens (including phenoxy) is 1. The number of halogens is 1. The van der Waals surface area contributed by atoms with Crippen molar-refractivity contribution in [1.29, 1.82) is 0 Å². The molecule has 1 unspecified atom stereocenters. The van der Waals surface area contributed by atoms with Gasteiger partial charge in [-0.1, -0.05) is 42.1 Å². The van der Waals surface area contributed by atoms with E-state index >= 15 is 0 Å². The monoisotopic (exact) mass is 573 g/mol. The smallest absolute Gasteiger partial charge is 0.254 e. The molecule has 10 heteroatoms. The van der Waals surface area contributed by atoms with Crippen LogP contribution in [-0.2, 0) is 4.79 Å². The van der Waals surface area contributed by atoms with E-state index in [9.17, 15) is 14.0 Å². The van der Waals surface area contributed by atoms with Gasteiger partial charge in [-0.2, -0.15) is 0 Å². The molecule has 41 heavy (non-hydrogen) atoms. The number of hydrogen-bond donors (Lipinski definition) is 0. The van der Waals surface area contributed by atoms with Gasteiger partial charge >= 0.3 is 0 Å². The van der Waals surface area contributed by atoms with Gasteiger partial charge in [-0.05, 0) is 61.9 Å². The molecule has 3 aromatic carbocycles. The molecule has 1 atom stereocenters. The fourth-order valence-corrected chi connectivity index (χ4v) is 5.78. The molecule has 5 rings (SSSR count). The minimum Gasteiger partial charge on any atom is -0.497 e. The van der Waals surface area contributed by atoms with Crippen molar-refractivity contribution in [2.75, 3.05) is 32.5 Å². The lowest BCUT2D eigenvalue weighted by molar-refractivity contribution is -0.133. The highest BCUT2D eigenvalue weighted by Crippen LogP contribution is 2.29. The Hall–Kier alpha value is -4.18. The SMILES string of the molecule is COc1ccc(-n2c(SCCCC(=O)N3CCN(C(=O)c4ccc(F)cc4)C(C)C3)nnc2-c2ccccc2)cc1. The molecule has 0 radical (unpaired) electrons. The zero-order valence-corrected chi connectivity index (χ0v) is 23.9. The van der Waals surface area contributed by atoms with Gasteiger partial charge < -0.3 is 14.5 Å². The van der Waals surface area contributed by atoms with Crippen LogP contribution in [0.4, 0.5) is 4.39 Å². The van der Waals surface area contributed by atoms with E-state index in [0.29, 0.717) is 43.8 Å². The third-order valence-corrected chi connectivity index (χ3v) is 8.11. The average molecular weight is 574 g/mol. The topological polar surface area (TPSA) is 80.6 Å². The molecule has 1 aliphatic rings. The number of nitrogens with zero attached hydrogens (tertiary/aromatic N) is 5. The average Bonchev–Trinajstić information content (AvgIpc) is 3.43. The van der Waals surface area contributed by atoms with Crippen LogP contribution in [0.25, 0.3) is 17.1 Å². The second-order valence-electron chi connectivity index (χ2n) is 9.85. The number of hydrogen-bond acceptors (Lipinski definition) is 6. The molecule has 0 saturated carbocycles. The molecule has 0 bridgehead atoms. The molecule has 2 amide bonds. The maximum absolute atomic E-state index is 13.2. The molecule has 8 nitrogen and oxygen atoms in total. The van der Waals surface area contributed by atoms with Crippen molar-refractivity contribution >= 4 is 23.6 Å². The Morgan fingerprint density at radius 2 is 1.71 bits per heavy atom. The van der Waals surface area contributed by atoms with Crippen LogP contribution in [0.2, 0.25) is 0 Å². The van der Waals surface area contributed by atoms with E-state index in [-0.39, 0.29) is 23.7 Å². The van der Waals surface area contributed by atoms with Gasteiger partial charge in [0.05, 0.1) is 7.11 Å². The number of aromatic nitrogens is 3. The van der Waals surface area contributed by atoms with Crippen molar-refractivity contribution in [3.05, 3.63) is 90.2 Å². The Kier molecular flexibility index (Phi) is 8.98. The zero-order valence-electron chi connectivity index (χ0n) is 23.1. The highest BCUT2D eigenvalue weighted by atomic mass is 32.2. The number of piperazine rings is 1. The fraction of sp³-hybridized carbons (Fsp3) is 0.290. The van der Waals surface area contributed by atoms with Crippen LogP contribution in [0.1, 0.15) is 30.1 Å². The normalized spacial score (nSPS) is 15.1. The van der Waals surface area contributed by atoms with Crippen molar-refractivity contribution in [2.45, 2.75) is 31.0 Å². The van der Waals surface area contributed by atoms with Crippen molar-refractivity contribution in [3.63, 3.8) is 0 Å². The lowest BCUT2D eigenvalue weighted by atomic mass is 10.1. The summed E-state index contributed by atoms with van der Waals surface area (Å²) in [4.78, 5) is 29.5. The first kappa shape index (κ1) is 28.4. The van der Waals surface area contributed by atoms with Gasteiger partial charge in [0.2, 0.25) is 5.91 Å². The first-order chi connectivity index (χ1) is 19.9. The van der Waals surface area contributed by atoms with Crippen LogP contribution >= 0.6 is 11.8 Å². The number of carbonyl (C=O) groups is 2. The summed E-state index contributed by atoms with van der Waals surface area (Å²) in [5.74, 6) is 1.78. The van der Waals surface area contributed by atoms with Crippen LogP contribution < -0.4 is 4.74 Å². The summed E-state index contributed by atoms with van der Waals surface area (Å²) in [7, 11) is 1.64. The summed E-state index contributed by atoms with van der Waals surface area (Å²) in [5.41, 5.74) is 2.34. The molecule has 212 valence electrons. The van der Waals surface area contributed by atoms with Gasteiger partial charge in [-0.25, -0.2) is 4.39 Å². The summed E-state index contributed by atoms with van der Waals surface area (Å²) in [5, 5.41) is 9.71. The lowest BCUT2D eigenvalue weighted by Gasteiger charge is -2.40. The van der Waals surface area contributed by atoms with Gasteiger partial charge in [0.1, 0.15) is 11.6 Å². The number of rotatable bonds is 9. The molecular weight excluding hydrogens is 541 g/mol. The van der Waals surface area contributed by atoms with Crippen molar-refractivity contribution in [3.8, 4) is 22.8 Å². The van der Waals surface area contributed by atoms with Gasteiger partial charge in [0.15, 0.2) is 11.0 Å². The number of carbonyl (C=O) groups excluding carboxylic acids is 2.